The molecule has 1 aliphatic rings. The first-order valence-corrected chi connectivity index (χ1v) is 3.67. The van der Waals surface area contributed by atoms with Crippen molar-refractivity contribution in [2.75, 3.05) is 20.3 Å². The van der Waals surface area contributed by atoms with Crippen LogP contribution in [0.4, 0.5) is 0 Å². The molecule has 1 heterocycles. The molecule has 0 bridgehead atoms. The molecule has 0 aromatic heterocycles. The number of hydrogen-bond acceptors (Lipinski definition) is 4. The SMILES string of the molecule is COC(=O)C1COCC[C@@H]1N. The number of nitrogens with two attached hydrogens (primary N) is 1. The third-order valence-corrected chi connectivity index (χ3v) is 1.91. The molecule has 4 nitrogen and oxygen atoms in total. The maximum atomic E-state index is 11.0. The molecule has 1 unspecified atom stereocenters. The Morgan fingerprint density at radius 2 is 2.45 bits per heavy atom. The molecular formula is C7H13NO3. The fourth-order valence-electron chi connectivity index (χ4n) is 1.15. The summed E-state index contributed by atoms with van der Waals surface area (Å²) in [6, 6.07) is -0.101. The fraction of sp³-hybridized carbons (Fsp3) is 0.857. The van der Waals surface area contributed by atoms with Crippen LogP contribution in [0.2, 0.25) is 0 Å². The lowest BCUT2D eigenvalue weighted by Crippen LogP contribution is -2.43. The lowest BCUT2D eigenvalue weighted by atomic mass is 9.97. The van der Waals surface area contributed by atoms with E-state index in [1.54, 1.807) is 0 Å². The standard InChI is InChI=1S/C7H13NO3/c1-10-7(9)5-4-11-3-2-6(5)8/h5-6H,2-4,8H2,1H3/t5?,6-/m0/s1. The van der Waals surface area contributed by atoms with Gasteiger partial charge in [0.05, 0.1) is 19.6 Å². The first-order valence-electron chi connectivity index (χ1n) is 3.67. The number of rotatable bonds is 1. The van der Waals surface area contributed by atoms with Gasteiger partial charge < -0.3 is 15.2 Å². The zero-order valence-electron chi connectivity index (χ0n) is 6.58. The first kappa shape index (κ1) is 8.49. The Bertz CT molecular complexity index is 149. The van der Waals surface area contributed by atoms with Crippen molar-refractivity contribution >= 4 is 5.97 Å². The molecule has 0 aromatic rings. The number of methoxy groups -OCH3 is 1. The zero-order valence-corrected chi connectivity index (χ0v) is 6.58. The molecule has 0 amide bonds. The van der Waals surface area contributed by atoms with Crippen molar-refractivity contribution in [2.24, 2.45) is 11.7 Å². The van der Waals surface area contributed by atoms with E-state index < -0.39 is 0 Å². The van der Waals surface area contributed by atoms with Gasteiger partial charge in [-0.25, -0.2) is 0 Å². The van der Waals surface area contributed by atoms with Gasteiger partial charge in [-0.3, -0.25) is 4.79 Å². The van der Waals surface area contributed by atoms with Gasteiger partial charge in [0.25, 0.3) is 0 Å². The molecule has 11 heavy (non-hydrogen) atoms. The van der Waals surface area contributed by atoms with E-state index >= 15 is 0 Å². The van der Waals surface area contributed by atoms with Gasteiger partial charge in [0.15, 0.2) is 0 Å². The summed E-state index contributed by atoms with van der Waals surface area (Å²) >= 11 is 0. The van der Waals surface area contributed by atoms with Crippen LogP contribution in [0.5, 0.6) is 0 Å². The van der Waals surface area contributed by atoms with Gasteiger partial charge in [0, 0.05) is 12.6 Å². The van der Waals surface area contributed by atoms with Crippen LogP contribution in [-0.2, 0) is 14.3 Å². The van der Waals surface area contributed by atoms with Gasteiger partial charge in [-0.15, -0.1) is 0 Å². The summed E-state index contributed by atoms with van der Waals surface area (Å²) < 4.78 is 9.66. The van der Waals surface area contributed by atoms with Crippen LogP contribution >= 0.6 is 0 Å². The molecule has 4 heteroatoms. The molecule has 2 atom stereocenters. The summed E-state index contributed by atoms with van der Waals surface area (Å²) in [6.45, 7) is 1.04. The number of carbonyl (C=O) groups is 1. The number of carbonyl (C=O) groups excluding carboxylic acids is 1. The largest absolute Gasteiger partial charge is 0.469 e. The lowest BCUT2D eigenvalue weighted by Gasteiger charge is -2.26. The van der Waals surface area contributed by atoms with Gasteiger partial charge in [-0.05, 0) is 6.42 Å². The van der Waals surface area contributed by atoms with Crippen LogP contribution in [0.1, 0.15) is 6.42 Å². The minimum Gasteiger partial charge on any atom is -0.469 e. The molecule has 1 fully saturated rings. The Hall–Kier alpha value is -0.610. The summed E-state index contributed by atoms with van der Waals surface area (Å²) in [4.78, 5) is 11.0. The van der Waals surface area contributed by atoms with Crippen LogP contribution < -0.4 is 5.73 Å². The van der Waals surface area contributed by atoms with Crippen LogP contribution in [0.25, 0.3) is 0 Å². The molecule has 0 spiro atoms. The lowest BCUT2D eigenvalue weighted by molar-refractivity contribution is -0.150. The maximum Gasteiger partial charge on any atom is 0.312 e. The van der Waals surface area contributed by atoms with Gasteiger partial charge in [-0.2, -0.15) is 0 Å². The Balaban J connectivity index is 2.47. The van der Waals surface area contributed by atoms with Crippen molar-refractivity contribution in [2.45, 2.75) is 12.5 Å². The Kier molecular flexibility index (Phi) is 2.84. The predicted molar refractivity (Wildman–Crippen MR) is 38.9 cm³/mol. The molecule has 1 aliphatic heterocycles. The summed E-state index contributed by atoms with van der Waals surface area (Å²) in [7, 11) is 1.36. The highest BCUT2D eigenvalue weighted by Crippen LogP contribution is 2.13. The Morgan fingerprint density at radius 3 is 3.00 bits per heavy atom. The number of ether oxygens (including phenoxy) is 2. The maximum absolute atomic E-state index is 11.0. The van der Waals surface area contributed by atoms with E-state index in [1.807, 2.05) is 0 Å². The van der Waals surface area contributed by atoms with Crippen molar-refractivity contribution in [3.63, 3.8) is 0 Å². The van der Waals surface area contributed by atoms with Crippen molar-refractivity contribution in [1.29, 1.82) is 0 Å². The quantitative estimate of drug-likeness (QED) is 0.525. The highest BCUT2D eigenvalue weighted by atomic mass is 16.5. The second-order valence-corrected chi connectivity index (χ2v) is 2.66. The van der Waals surface area contributed by atoms with Gasteiger partial charge in [-0.1, -0.05) is 0 Å². The topological polar surface area (TPSA) is 61.5 Å². The summed E-state index contributed by atoms with van der Waals surface area (Å²) in [5, 5.41) is 0. The van der Waals surface area contributed by atoms with E-state index in [9.17, 15) is 4.79 Å². The summed E-state index contributed by atoms with van der Waals surface area (Å²) in [6.07, 6.45) is 0.736. The second kappa shape index (κ2) is 3.69. The molecule has 0 aromatic carbocycles. The summed E-state index contributed by atoms with van der Waals surface area (Å²) in [5.74, 6) is -0.536. The van der Waals surface area contributed by atoms with Crippen molar-refractivity contribution in [3.8, 4) is 0 Å². The Labute approximate surface area is 65.7 Å². The van der Waals surface area contributed by atoms with Gasteiger partial charge in [0.2, 0.25) is 0 Å². The molecule has 1 saturated heterocycles. The smallest absolute Gasteiger partial charge is 0.312 e. The second-order valence-electron chi connectivity index (χ2n) is 2.66. The van der Waals surface area contributed by atoms with E-state index in [2.05, 4.69) is 4.74 Å². The van der Waals surface area contributed by atoms with E-state index in [1.165, 1.54) is 7.11 Å². The van der Waals surface area contributed by atoms with Crippen LogP contribution in [0.3, 0.4) is 0 Å². The van der Waals surface area contributed by atoms with E-state index in [0.717, 1.165) is 6.42 Å². The molecule has 0 aliphatic carbocycles. The zero-order chi connectivity index (χ0) is 8.27. The van der Waals surface area contributed by atoms with Crippen LogP contribution in [0.15, 0.2) is 0 Å². The van der Waals surface area contributed by atoms with Crippen LogP contribution in [-0.4, -0.2) is 32.3 Å². The predicted octanol–water partition coefficient (Wildman–Crippen LogP) is -0.477. The fourth-order valence-corrected chi connectivity index (χ4v) is 1.15. The van der Waals surface area contributed by atoms with Crippen LogP contribution in [0, 0.1) is 5.92 Å². The molecule has 0 saturated carbocycles. The van der Waals surface area contributed by atoms with E-state index in [4.69, 9.17) is 10.5 Å². The number of esters is 1. The molecule has 1 rings (SSSR count). The molecule has 2 N–H and O–H groups in total. The highest BCUT2D eigenvalue weighted by molar-refractivity contribution is 5.73. The van der Waals surface area contributed by atoms with Gasteiger partial charge in [0.1, 0.15) is 0 Å². The molecule has 64 valence electrons. The minimum atomic E-state index is -0.270. The van der Waals surface area contributed by atoms with E-state index in [0.29, 0.717) is 13.2 Å². The average Bonchev–Trinajstić information content (AvgIpc) is 2.04. The number of hydrogen-bond donors (Lipinski definition) is 1. The average molecular weight is 159 g/mol. The Morgan fingerprint density at radius 1 is 1.73 bits per heavy atom. The third-order valence-electron chi connectivity index (χ3n) is 1.91. The van der Waals surface area contributed by atoms with Gasteiger partial charge >= 0.3 is 5.97 Å². The first-order chi connectivity index (χ1) is 5.25. The van der Waals surface area contributed by atoms with Crippen molar-refractivity contribution in [3.05, 3.63) is 0 Å². The van der Waals surface area contributed by atoms with E-state index in [-0.39, 0.29) is 17.9 Å². The monoisotopic (exact) mass is 159 g/mol. The van der Waals surface area contributed by atoms with Crippen molar-refractivity contribution < 1.29 is 14.3 Å². The normalized spacial score (nSPS) is 31.5. The highest BCUT2D eigenvalue weighted by Gasteiger charge is 2.29. The summed E-state index contributed by atoms with van der Waals surface area (Å²) in [5.41, 5.74) is 5.67. The van der Waals surface area contributed by atoms with Crippen molar-refractivity contribution in [1.82, 2.24) is 0 Å². The minimum absolute atomic E-state index is 0.101. The third kappa shape index (κ3) is 1.91. The molecular weight excluding hydrogens is 146 g/mol. The molecule has 0 radical (unpaired) electrons.